The molecule has 0 radical (unpaired) electrons. The van der Waals surface area contributed by atoms with Crippen molar-refractivity contribution in [3.63, 3.8) is 0 Å². The van der Waals surface area contributed by atoms with E-state index in [1.165, 1.54) is 4.68 Å². The van der Waals surface area contributed by atoms with Gasteiger partial charge in [0.2, 0.25) is 0 Å². The van der Waals surface area contributed by atoms with Crippen LogP contribution in [0.15, 0.2) is 60.7 Å². The van der Waals surface area contributed by atoms with Crippen molar-refractivity contribution in [2.75, 3.05) is 5.73 Å². The van der Waals surface area contributed by atoms with Gasteiger partial charge in [-0.3, -0.25) is 0 Å². The van der Waals surface area contributed by atoms with Crippen molar-refractivity contribution in [1.82, 2.24) is 9.78 Å². The molecule has 3 nitrogen and oxygen atoms in total. The van der Waals surface area contributed by atoms with Crippen molar-refractivity contribution in [3.8, 4) is 16.9 Å². The molecule has 0 spiro atoms. The molecule has 2 N–H and O–H groups in total. The minimum atomic E-state index is -4.50. The minimum Gasteiger partial charge on any atom is -0.399 e. The Labute approximate surface area is 124 Å². The van der Waals surface area contributed by atoms with Crippen molar-refractivity contribution in [1.29, 1.82) is 0 Å². The lowest BCUT2D eigenvalue weighted by atomic mass is 10.1. The maximum Gasteiger partial charge on any atom is 0.435 e. The van der Waals surface area contributed by atoms with Crippen LogP contribution in [0.25, 0.3) is 16.9 Å². The fourth-order valence-corrected chi connectivity index (χ4v) is 2.19. The zero-order valence-electron chi connectivity index (χ0n) is 11.4. The van der Waals surface area contributed by atoms with Crippen LogP contribution >= 0.6 is 0 Å². The first-order valence-electron chi connectivity index (χ1n) is 6.54. The van der Waals surface area contributed by atoms with E-state index < -0.39 is 11.9 Å². The number of hydrogen-bond donors (Lipinski definition) is 1. The molecule has 3 aromatic rings. The monoisotopic (exact) mass is 303 g/mol. The van der Waals surface area contributed by atoms with Gasteiger partial charge >= 0.3 is 6.18 Å². The summed E-state index contributed by atoms with van der Waals surface area (Å²) in [4.78, 5) is 0. The van der Waals surface area contributed by atoms with Gasteiger partial charge in [0.05, 0.1) is 11.4 Å². The number of nitrogens with zero attached hydrogens (tertiary/aromatic N) is 2. The van der Waals surface area contributed by atoms with E-state index in [1.807, 2.05) is 0 Å². The molecule has 112 valence electrons. The first-order chi connectivity index (χ1) is 10.4. The van der Waals surface area contributed by atoms with Crippen LogP contribution in [0.2, 0.25) is 0 Å². The molecule has 22 heavy (non-hydrogen) atoms. The van der Waals surface area contributed by atoms with Crippen molar-refractivity contribution in [2.24, 2.45) is 0 Å². The van der Waals surface area contributed by atoms with Gasteiger partial charge in [-0.1, -0.05) is 36.4 Å². The zero-order valence-corrected chi connectivity index (χ0v) is 11.4. The third-order valence-corrected chi connectivity index (χ3v) is 3.18. The fraction of sp³-hybridized carbons (Fsp3) is 0.0625. The highest BCUT2D eigenvalue weighted by atomic mass is 19.4. The topological polar surface area (TPSA) is 43.8 Å². The van der Waals surface area contributed by atoms with Crippen LogP contribution in [0.5, 0.6) is 0 Å². The van der Waals surface area contributed by atoms with E-state index >= 15 is 0 Å². The van der Waals surface area contributed by atoms with Crippen LogP contribution in [0.1, 0.15) is 5.69 Å². The van der Waals surface area contributed by atoms with Crippen LogP contribution in [0, 0.1) is 0 Å². The number of nitrogens with two attached hydrogens (primary N) is 1. The largest absolute Gasteiger partial charge is 0.435 e. The molecular weight excluding hydrogens is 291 g/mol. The molecule has 1 aromatic heterocycles. The lowest BCUT2D eigenvalue weighted by Gasteiger charge is -2.08. The van der Waals surface area contributed by atoms with Gasteiger partial charge in [-0.25, -0.2) is 4.68 Å². The van der Waals surface area contributed by atoms with E-state index in [0.717, 1.165) is 6.07 Å². The summed E-state index contributed by atoms with van der Waals surface area (Å²) >= 11 is 0. The van der Waals surface area contributed by atoms with Gasteiger partial charge in [-0.15, -0.1) is 0 Å². The number of hydrogen-bond acceptors (Lipinski definition) is 2. The average Bonchev–Trinajstić information content (AvgIpc) is 2.93. The number of aromatic nitrogens is 2. The Bertz CT molecular complexity index is 792. The molecule has 0 bridgehead atoms. The summed E-state index contributed by atoms with van der Waals surface area (Å²) in [6, 6.07) is 16.4. The van der Waals surface area contributed by atoms with Crippen LogP contribution in [-0.4, -0.2) is 9.78 Å². The second-order valence-corrected chi connectivity index (χ2v) is 4.79. The predicted molar refractivity (Wildman–Crippen MR) is 78.4 cm³/mol. The third kappa shape index (κ3) is 2.67. The molecule has 0 atom stereocenters. The third-order valence-electron chi connectivity index (χ3n) is 3.18. The quantitative estimate of drug-likeness (QED) is 0.723. The van der Waals surface area contributed by atoms with Crippen LogP contribution < -0.4 is 5.73 Å². The van der Waals surface area contributed by atoms with Crippen molar-refractivity contribution >= 4 is 5.69 Å². The van der Waals surface area contributed by atoms with Gasteiger partial charge in [0, 0.05) is 11.3 Å². The van der Waals surface area contributed by atoms with E-state index in [9.17, 15) is 13.2 Å². The Hall–Kier alpha value is -2.76. The van der Waals surface area contributed by atoms with Crippen molar-refractivity contribution in [3.05, 3.63) is 66.4 Å². The summed E-state index contributed by atoms with van der Waals surface area (Å²) in [6.45, 7) is 0. The normalized spacial score (nSPS) is 11.6. The number of rotatable bonds is 2. The summed E-state index contributed by atoms with van der Waals surface area (Å²) in [5, 5.41) is 3.71. The first kappa shape index (κ1) is 14.2. The molecule has 0 fully saturated rings. The van der Waals surface area contributed by atoms with Gasteiger partial charge in [-0.05, 0) is 24.3 Å². The summed E-state index contributed by atoms with van der Waals surface area (Å²) in [7, 11) is 0. The Kier molecular flexibility index (Phi) is 3.36. The second kappa shape index (κ2) is 5.22. The Morgan fingerprint density at radius 3 is 2.27 bits per heavy atom. The lowest BCUT2D eigenvalue weighted by molar-refractivity contribution is -0.141. The highest BCUT2D eigenvalue weighted by Crippen LogP contribution is 2.33. The maximum absolute atomic E-state index is 13.0. The smallest absolute Gasteiger partial charge is 0.399 e. The molecule has 0 aliphatic carbocycles. The summed E-state index contributed by atoms with van der Waals surface area (Å²) < 4.78 is 40.2. The van der Waals surface area contributed by atoms with Gasteiger partial charge in [0.1, 0.15) is 0 Å². The molecule has 0 saturated carbocycles. The standard InChI is InChI=1S/C16H12F3N3/c17-16(18,19)15-10-14(11-5-2-1-3-6-11)22(21-15)13-8-4-7-12(20)9-13/h1-10H,20H2. The number of alkyl halides is 3. The highest BCUT2D eigenvalue weighted by Gasteiger charge is 2.35. The predicted octanol–water partition coefficient (Wildman–Crippen LogP) is 4.14. The number of nitrogen functional groups attached to an aromatic ring is 1. The average molecular weight is 303 g/mol. The first-order valence-corrected chi connectivity index (χ1v) is 6.54. The molecule has 0 unspecified atom stereocenters. The molecule has 0 saturated heterocycles. The van der Waals surface area contributed by atoms with E-state index in [4.69, 9.17) is 5.73 Å². The van der Waals surface area contributed by atoms with Gasteiger partial charge in [-0.2, -0.15) is 18.3 Å². The molecule has 0 aliphatic rings. The van der Waals surface area contributed by atoms with E-state index in [1.54, 1.807) is 54.6 Å². The Morgan fingerprint density at radius 2 is 1.64 bits per heavy atom. The van der Waals surface area contributed by atoms with Crippen LogP contribution in [-0.2, 0) is 6.18 Å². The summed E-state index contributed by atoms with van der Waals surface area (Å²) in [5.74, 6) is 0. The zero-order chi connectivity index (χ0) is 15.7. The lowest BCUT2D eigenvalue weighted by Crippen LogP contribution is -2.07. The SMILES string of the molecule is Nc1cccc(-n2nc(C(F)(F)F)cc2-c2ccccc2)c1. The van der Waals surface area contributed by atoms with Gasteiger partial charge in [0.25, 0.3) is 0 Å². The number of halogens is 3. The van der Waals surface area contributed by atoms with E-state index in [0.29, 0.717) is 22.6 Å². The van der Waals surface area contributed by atoms with Crippen LogP contribution in [0.3, 0.4) is 0 Å². The van der Waals surface area contributed by atoms with Gasteiger partial charge < -0.3 is 5.73 Å². The minimum absolute atomic E-state index is 0.360. The summed E-state index contributed by atoms with van der Waals surface area (Å²) in [6.07, 6.45) is -4.50. The number of anilines is 1. The molecule has 1 heterocycles. The van der Waals surface area contributed by atoms with E-state index in [2.05, 4.69) is 5.10 Å². The van der Waals surface area contributed by atoms with Crippen LogP contribution in [0.4, 0.5) is 18.9 Å². The Balaban J connectivity index is 2.22. The Morgan fingerprint density at radius 1 is 0.909 bits per heavy atom. The fourth-order valence-electron chi connectivity index (χ4n) is 2.19. The van der Waals surface area contributed by atoms with E-state index in [-0.39, 0.29) is 0 Å². The van der Waals surface area contributed by atoms with Gasteiger partial charge in [0.15, 0.2) is 5.69 Å². The molecule has 6 heteroatoms. The highest BCUT2D eigenvalue weighted by molar-refractivity contribution is 5.63. The van der Waals surface area contributed by atoms with Crippen molar-refractivity contribution < 1.29 is 13.2 Å². The summed E-state index contributed by atoms with van der Waals surface area (Å²) in [5.41, 5.74) is 6.72. The molecule has 0 aliphatic heterocycles. The second-order valence-electron chi connectivity index (χ2n) is 4.79. The van der Waals surface area contributed by atoms with Crippen molar-refractivity contribution in [2.45, 2.75) is 6.18 Å². The number of benzene rings is 2. The molecule has 2 aromatic carbocycles. The molecular formula is C16H12F3N3. The molecule has 3 rings (SSSR count). The molecule has 0 amide bonds. The maximum atomic E-state index is 13.0.